The van der Waals surface area contributed by atoms with Crippen molar-refractivity contribution in [1.29, 1.82) is 0 Å². The molecule has 0 aliphatic carbocycles. The molecule has 7 nitrogen and oxygen atoms in total. The van der Waals surface area contributed by atoms with Crippen molar-refractivity contribution in [1.82, 2.24) is 9.55 Å². The summed E-state index contributed by atoms with van der Waals surface area (Å²) in [5.41, 5.74) is 1.42. The van der Waals surface area contributed by atoms with Crippen LogP contribution in [0.5, 0.6) is 0 Å². The number of rotatable bonds is 5. The topological polar surface area (TPSA) is 84.4 Å². The maximum absolute atomic E-state index is 11.3. The summed E-state index contributed by atoms with van der Waals surface area (Å²) in [7, 11) is 2.00. The van der Waals surface area contributed by atoms with Crippen molar-refractivity contribution >= 4 is 11.4 Å². The van der Waals surface area contributed by atoms with E-state index in [0.29, 0.717) is 17.2 Å². The third-order valence-corrected chi connectivity index (χ3v) is 4.77. The minimum Gasteiger partial charge on any atom is -0.392 e. The monoisotopic (exact) mass is 330 g/mol. The van der Waals surface area contributed by atoms with Gasteiger partial charge >= 0.3 is 0 Å². The molecular formula is C17H22N4O3. The fourth-order valence-electron chi connectivity index (χ4n) is 3.30. The molecule has 0 saturated carbocycles. The number of aliphatic hydroxyl groups excluding tert-OH is 1. The highest BCUT2D eigenvalue weighted by molar-refractivity contribution is 5.64. The Morgan fingerprint density at radius 1 is 1.38 bits per heavy atom. The molecule has 2 heterocycles. The Hall–Kier alpha value is -2.41. The van der Waals surface area contributed by atoms with Gasteiger partial charge in [0.05, 0.1) is 11.5 Å². The van der Waals surface area contributed by atoms with Crippen LogP contribution in [-0.4, -0.2) is 32.7 Å². The molecule has 0 atom stereocenters. The highest BCUT2D eigenvalue weighted by Crippen LogP contribution is 2.33. The molecule has 1 aromatic carbocycles. The summed E-state index contributed by atoms with van der Waals surface area (Å²) in [5, 5.41) is 20.6. The lowest BCUT2D eigenvalue weighted by molar-refractivity contribution is -0.384. The molecule has 1 aliphatic heterocycles. The minimum atomic E-state index is -0.351. The van der Waals surface area contributed by atoms with Gasteiger partial charge in [0.15, 0.2) is 0 Å². The fraction of sp³-hybridized carbons (Fsp3) is 0.471. The van der Waals surface area contributed by atoms with Gasteiger partial charge in [-0.3, -0.25) is 10.1 Å². The van der Waals surface area contributed by atoms with E-state index < -0.39 is 0 Å². The smallest absolute Gasteiger partial charge is 0.292 e. The number of aliphatic hydroxyl groups is 1. The number of anilines is 1. The predicted molar refractivity (Wildman–Crippen MR) is 90.9 cm³/mol. The minimum absolute atomic E-state index is 0.106. The molecule has 24 heavy (non-hydrogen) atoms. The molecule has 1 aliphatic rings. The van der Waals surface area contributed by atoms with E-state index in [1.165, 1.54) is 6.07 Å². The van der Waals surface area contributed by atoms with E-state index in [9.17, 15) is 15.2 Å². The van der Waals surface area contributed by atoms with Crippen molar-refractivity contribution < 1.29 is 10.0 Å². The molecule has 0 amide bonds. The second-order valence-electron chi connectivity index (χ2n) is 6.33. The first-order valence-corrected chi connectivity index (χ1v) is 8.18. The van der Waals surface area contributed by atoms with Crippen LogP contribution in [0.4, 0.5) is 11.4 Å². The highest BCUT2D eigenvalue weighted by atomic mass is 16.6. The number of aromatic nitrogens is 2. The van der Waals surface area contributed by atoms with Crippen LogP contribution in [0, 0.1) is 16.0 Å². The first-order chi connectivity index (χ1) is 11.6. The number of hydrogen-bond donors (Lipinski definition) is 1. The third-order valence-electron chi connectivity index (χ3n) is 4.77. The number of hydrogen-bond acceptors (Lipinski definition) is 5. The quantitative estimate of drug-likeness (QED) is 0.671. The van der Waals surface area contributed by atoms with Crippen molar-refractivity contribution in [2.45, 2.75) is 25.9 Å². The second kappa shape index (κ2) is 7.00. The number of nitro groups is 1. The van der Waals surface area contributed by atoms with Gasteiger partial charge in [-0.05, 0) is 36.5 Å². The van der Waals surface area contributed by atoms with Gasteiger partial charge in [0.1, 0.15) is 11.5 Å². The standard InChI is InChI=1S/C17H22N4O3/c1-19-9-6-18-17(19)11-13-4-7-20(8-5-13)16-10-14(12-22)2-3-15(16)21(23)24/h2-3,6,9-10,13,22H,4-5,7-8,11-12H2,1H3. The van der Waals surface area contributed by atoms with E-state index in [1.54, 1.807) is 12.1 Å². The van der Waals surface area contributed by atoms with Gasteiger partial charge in [0.2, 0.25) is 0 Å². The van der Waals surface area contributed by atoms with Gasteiger partial charge in [-0.25, -0.2) is 4.98 Å². The lowest BCUT2D eigenvalue weighted by Gasteiger charge is -2.33. The molecule has 1 saturated heterocycles. The van der Waals surface area contributed by atoms with E-state index in [1.807, 2.05) is 24.0 Å². The number of imidazole rings is 1. The molecular weight excluding hydrogens is 308 g/mol. The molecule has 1 N–H and O–H groups in total. The Kier molecular flexibility index (Phi) is 4.80. The van der Waals surface area contributed by atoms with E-state index in [2.05, 4.69) is 9.88 Å². The Morgan fingerprint density at radius 3 is 2.71 bits per heavy atom. The van der Waals surface area contributed by atoms with Crippen LogP contribution in [0.25, 0.3) is 0 Å². The Balaban J connectivity index is 1.70. The van der Waals surface area contributed by atoms with Crippen LogP contribution in [0.15, 0.2) is 30.6 Å². The number of nitro benzene ring substituents is 1. The van der Waals surface area contributed by atoms with E-state index in [4.69, 9.17) is 0 Å². The van der Waals surface area contributed by atoms with E-state index in [0.717, 1.165) is 38.2 Å². The maximum Gasteiger partial charge on any atom is 0.292 e. The number of piperidine rings is 1. The van der Waals surface area contributed by atoms with Crippen LogP contribution < -0.4 is 4.90 Å². The fourth-order valence-corrected chi connectivity index (χ4v) is 3.30. The SMILES string of the molecule is Cn1ccnc1CC1CCN(c2cc(CO)ccc2[N+](=O)[O-])CC1. The first kappa shape index (κ1) is 16.4. The van der Waals surface area contributed by atoms with E-state index in [-0.39, 0.29) is 17.2 Å². The van der Waals surface area contributed by atoms with Gasteiger partial charge in [-0.15, -0.1) is 0 Å². The maximum atomic E-state index is 11.3. The van der Waals surface area contributed by atoms with Crippen molar-refractivity contribution in [2.75, 3.05) is 18.0 Å². The molecule has 7 heteroatoms. The van der Waals surface area contributed by atoms with Gasteiger partial charge in [0, 0.05) is 45.0 Å². The van der Waals surface area contributed by atoms with Gasteiger partial charge in [0.25, 0.3) is 5.69 Å². The van der Waals surface area contributed by atoms with Crippen molar-refractivity contribution in [3.8, 4) is 0 Å². The Labute approximate surface area is 140 Å². The van der Waals surface area contributed by atoms with Crippen molar-refractivity contribution in [2.24, 2.45) is 13.0 Å². The molecule has 128 valence electrons. The number of nitrogens with zero attached hydrogens (tertiary/aromatic N) is 4. The summed E-state index contributed by atoms with van der Waals surface area (Å²) in [6.45, 7) is 1.45. The largest absolute Gasteiger partial charge is 0.392 e. The van der Waals surface area contributed by atoms with Gasteiger partial charge < -0.3 is 14.6 Å². The third kappa shape index (κ3) is 3.41. The average molecular weight is 330 g/mol. The lowest BCUT2D eigenvalue weighted by atomic mass is 9.92. The second-order valence-corrected chi connectivity index (χ2v) is 6.33. The number of benzene rings is 1. The molecule has 1 fully saturated rings. The zero-order chi connectivity index (χ0) is 17.1. The van der Waals surface area contributed by atoms with Gasteiger partial charge in [-0.1, -0.05) is 0 Å². The van der Waals surface area contributed by atoms with Crippen LogP contribution in [0.1, 0.15) is 24.2 Å². The van der Waals surface area contributed by atoms with Crippen LogP contribution in [0.2, 0.25) is 0 Å². The van der Waals surface area contributed by atoms with Crippen molar-refractivity contribution in [3.05, 3.63) is 52.1 Å². The molecule has 0 bridgehead atoms. The molecule has 0 spiro atoms. The zero-order valence-corrected chi connectivity index (χ0v) is 13.8. The predicted octanol–water partition coefficient (Wildman–Crippen LogP) is 2.28. The molecule has 2 aromatic rings. The summed E-state index contributed by atoms with van der Waals surface area (Å²) in [6.07, 6.45) is 6.67. The van der Waals surface area contributed by atoms with Crippen LogP contribution in [-0.2, 0) is 20.1 Å². The normalized spacial score (nSPS) is 15.7. The summed E-state index contributed by atoms with van der Waals surface area (Å²) in [4.78, 5) is 17.4. The summed E-state index contributed by atoms with van der Waals surface area (Å²) >= 11 is 0. The van der Waals surface area contributed by atoms with Gasteiger partial charge in [-0.2, -0.15) is 0 Å². The van der Waals surface area contributed by atoms with Crippen molar-refractivity contribution in [3.63, 3.8) is 0 Å². The molecule has 0 radical (unpaired) electrons. The highest BCUT2D eigenvalue weighted by Gasteiger charge is 2.25. The molecule has 3 rings (SSSR count). The zero-order valence-electron chi connectivity index (χ0n) is 13.8. The summed E-state index contributed by atoms with van der Waals surface area (Å²) in [6, 6.07) is 4.83. The van der Waals surface area contributed by atoms with E-state index >= 15 is 0 Å². The van der Waals surface area contributed by atoms with Crippen LogP contribution >= 0.6 is 0 Å². The first-order valence-electron chi connectivity index (χ1n) is 8.18. The average Bonchev–Trinajstić information content (AvgIpc) is 2.99. The number of aryl methyl sites for hydroxylation is 1. The Bertz CT molecular complexity index is 720. The summed E-state index contributed by atoms with van der Waals surface area (Å²) < 4.78 is 2.04. The lowest BCUT2D eigenvalue weighted by Crippen LogP contribution is -2.35. The Morgan fingerprint density at radius 2 is 2.12 bits per heavy atom. The van der Waals surface area contributed by atoms with Crippen LogP contribution in [0.3, 0.4) is 0 Å². The summed E-state index contributed by atoms with van der Waals surface area (Å²) in [5.74, 6) is 1.63. The molecule has 0 unspecified atom stereocenters. The molecule has 1 aromatic heterocycles.